The number of hydrogen-bond acceptors (Lipinski definition) is 3. The van der Waals surface area contributed by atoms with E-state index in [-0.39, 0.29) is 6.61 Å². The minimum Gasteiger partial charge on any atom is -0.394 e. The zero-order valence-corrected chi connectivity index (χ0v) is 5.40. The second-order valence-electron chi connectivity index (χ2n) is 1.13. The van der Waals surface area contributed by atoms with E-state index in [4.69, 9.17) is 9.41 Å². The molecule has 1 rings (SSSR count). The fourth-order valence-electron chi connectivity index (χ4n) is 0.280. The molecule has 42 valence electrons. The molecule has 0 aromatic carbocycles. The van der Waals surface area contributed by atoms with Crippen LogP contribution in [-0.4, -0.2) is 16.2 Å². The largest absolute Gasteiger partial charge is 0.394 e. The Hall–Kier alpha value is 0.210. The third-order valence-corrected chi connectivity index (χ3v) is 2.31. The minimum atomic E-state index is -0.572. The molecule has 0 aliphatic rings. The van der Waals surface area contributed by atoms with Crippen LogP contribution in [-0.2, 0) is 6.54 Å². The van der Waals surface area contributed by atoms with Crippen LogP contribution in [0.3, 0.4) is 0 Å². The molecule has 1 aromatic heterocycles. The molecule has 1 heterocycles. The number of aromatic nitrogens is 1. The molecule has 0 saturated heterocycles. The van der Waals surface area contributed by atoms with Crippen LogP contribution in [0, 0.1) is 0 Å². The van der Waals surface area contributed by atoms with Crippen LogP contribution in [0.5, 0.6) is 0 Å². The smallest absolute Gasteiger partial charge is 0.240 e. The third kappa shape index (κ3) is 1.30. The van der Waals surface area contributed by atoms with Crippen molar-refractivity contribution < 1.29 is 9.41 Å². The molecule has 0 aliphatic heterocycles. The van der Waals surface area contributed by atoms with E-state index >= 15 is 0 Å². The zero-order valence-electron chi connectivity index (χ0n) is 3.61. The number of rotatable bonds is 2. The Morgan fingerprint density at radius 3 is 2.57 bits per heavy atom. The maximum atomic E-state index is 8.25. The molecular weight excluding hydrogens is 133 g/mol. The molecule has 0 fully saturated rings. The van der Waals surface area contributed by atoms with Gasteiger partial charge in [-0.05, 0) is 0 Å². The first-order chi connectivity index (χ1) is 3.34. The molecule has 0 saturated carbocycles. The van der Waals surface area contributed by atoms with Gasteiger partial charge < -0.3 is 9.41 Å². The molecule has 0 radical (unpaired) electrons. The average molecular weight is 139 g/mol. The maximum Gasteiger partial charge on any atom is 0.240 e. The highest BCUT2D eigenvalue weighted by molar-refractivity contribution is 8.39. The van der Waals surface area contributed by atoms with Crippen molar-refractivity contribution in [1.29, 1.82) is 0 Å². The summed E-state index contributed by atoms with van der Waals surface area (Å²) in [6, 6.07) is 0. The second kappa shape index (κ2) is 1.99. The summed E-state index contributed by atoms with van der Waals surface area (Å²) in [5, 5.41) is 8.25. The van der Waals surface area contributed by atoms with Crippen LogP contribution < -0.4 is 0 Å². The number of aliphatic hydroxyl groups excluding tert-OH is 1. The molecule has 0 amide bonds. The van der Waals surface area contributed by atoms with E-state index in [1.54, 1.807) is 4.50 Å². The van der Waals surface area contributed by atoms with E-state index in [9.17, 15) is 0 Å². The Morgan fingerprint density at radius 2 is 2.43 bits per heavy atom. The molecule has 7 heavy (non-hydrogen) atoms. The van der Waals surface area contributed by atoms with Gasteiger partial charge in [0.15, 0.2) is 0 Å². The van der Waals surface area contributed by atoms with Gasteiger partial charge in [0.25, 0.3) is 0 Å². The average Bonchev–Trinajstić information content (AvgIpc) is 2.22. The first kappa shape index (κ1) is 5.35. The van der Waals surface area contributed by atoms with Gasteiger partial charge in [0.1, 0.15) is 0 Å². The van der Waals surface area contributed by atoms with Crippen molar-refractivity contribution >= 4 is 19.4 Å². The molecule has 1 N–H and O–H groups in total. The summed E-state index contributed by atoms with van der Waals surface area (Å²) in [5.41, 5.74) is 0. The summed E-state index contributed by atoms with van der Waals surface area (Å²) >= 11 is 3.96. The van der Waals surface area contributed by atoms with Gasteiger partial charge >= 0.3 is 0 Å². The Labute approximate surface area is 47.2 Å². The molecule has 0 bridgehead atoms. The van der Waals surface area contributed by atoms with Crippen LogP contribution in [0.4, 0.5) is 0 Å². The van der Waals surface area contributed by atoms with E-state index in [0.29, 0.717) is 6.54 Å². The summed E-state index contributed by atoms with van der Waals surface area (Å²) in [4.78, 5) is 0. The molecule has 1 aromatic rings. The molecule has 1 unspecified atom stereocenters. The van der Waals surface area contributed by atoms with Crippen molar-refractivity contribution in [3.05, 3.63) is 0 Å². The van der Waals surface area contributed by atoms with E-state index in [0.717, 1.165) is 0 Å². The van der Waals surface area contributed by atoms with Gasteiger partial charge in [-0.1, -0.05) is 12.2 Å². The summed E-state index contributed by atoms with van der Waals surface area (Å²) in [5.74, 6) is 0. The second-order valence-corrected chi connectivity index (χ2v) is 3.28. The lowest BCUT2D eigenvalue weighted by molar-refractivity contribution is 0.256. The van der Waals surface area contributed by atoms with Crippen molar-refractivity contribution in [3.8, 4) is 0 Å². The number of aliphatic hydroxyl groups is 1. The van der Waals surface area contributed by atoms with Crippen LogP contribution in [0.25, 0.3) is 0 Å². The van der Waals surface area contributed by atoms with Crippen LogP contribution in [0.1, 0.15) is 0 Å². The topological polar surface area (TPSA) is 38.3 Å². The van der Waals surface area contributed by atoms with E-state index in [2.05, 4.69) is 12.2 Å². The lowest BCUT2D eigenvalue weighted by Crippen LogP contribution is -1.89. The highest BCUT2D eigenvalue weighted by Crippen LogP contribution is 2.39. The quantitative estimate of drug-likeness (QED) is 0.593. The first-order valence-electron chi connectivity index (χ1n) is 1.90. The van der Waals surface area contributed by atoms with Gasteiger partial charge in [-0.3, -0.25) is 0 Å². The summed E-state index contributed by atoms with van der Waals surface area (Å²) in [6.45, 7) is 0.745. The van der Waals surface area contributed by atoms with Gasteiger partial charge in [-0.15, -0.1) is 0 Å². The van der Waals surface area contributed by atoms with Gasteiger partial charge in [-0.25, -0.2) is 0 Å². The van der Waals surface area contributed by atoms with Crippen molar-refractivity contribution in [1.82, 2.24) is 4.50 Å². The monoisotopic (exact) mass is 139 g/mol. The van der Waals surface area contributed by atoms with Crippen LogP contribution >= 0.6 is 19.4 Å². The molecular formula is C2H6NO2PS. The fraction of sp³-hybridized carbons (Fsp3) is 1.00. The van der Waals surface area contributed by atoms with Crippen molar-refractivity contribution in [2.45, 2.75) is 6.54 Å². The van der Waals surface area contributed by atoms with Gasteiger partial charge in [0, 0.05) is 0 Å². The van der Waals surface area contributed by atoms with Gasteiger partial charge in [0.05, 0.1) is 13.2 Å². The van der Waals surface area contributed by atoms with E-state index in [1.165, 1.54) is 0 Å². The Morgan fingerprint density at radius 1 is 1.86 bits per heavy atom. The zero-order chi connectivity index (χ0) is 5.28. The Balaban J connectivity index is 2.23. The lowest BCUT2D eigenvalue weighted by atomic mass is 10.8. The van der Waals surface area contributed by atoms with Gasteiger partial charge in [-0.2, -0.15) is 4.50 Å². The lowest BCUT2D eigenvalue weighted by Gasteiger charge is -1.78. The highest BCUT2D eigenvalue weighted by Gasteiger charge is 2.04. The number of hydrogen-bond donors (Lipinski definition) is 2. The molecule has 3 nitrogen and oxygen atoms in total. The third-order valence-electron chi connectivity index (χ3n) is 0.625. The molecule has 5 heteroatoms. The summed E-state index contributed by atoms with van der Waals surface area (Å²) in [7, 11) is -0.572. The standard InChI is InChI=1S/C2H6NO2PS/c4-2-1-3-5-6(3)7/h4,7H,1-2H2. The molecule has 0 aliphatic carbocycles. The SMILES string of the molecule is OCCn1op1S. The predicted molar refractivity (Wildman–Crippen MR) is 30.9 cm³/mol. The van der Waals surface area contributed by atoms with Crippen molar-refractivity contribution in [3.63, 3.8) is 0 Å². The maximum absolute atomic E-state index is 8.25. The Kier molecular flexibility index (Phi) is 1.52. The first-order valence-corrected chi connectivity index (χ1v) is 4.26. The van der Waals surface area contributed by atoms with Crippen molar-refractivity contribution in [2.75, 3.05) is 6.61 Å². The molecule has 0 spiro atoms. The predicted octanol–water partition coefficient (Wildman–Crippen LogP) is 0.753. The number of nitrogens with zero attached hydrogens (tertiary/aromatic N) is 1. The minimum absolute atomic E-state index is 0.152. The van der Waals surface area contributed by atoms with Crippen molar-refractivity contribution in [2.24, 2.45) is 0 Å². The van der Waals surface area contributed by atoms with Crippen LogP contribution in [0.2, 0.25) is 0 Å². The van der Waals surface area contributed by atoms with Gasteiger partial charge in [0.2, 0.25) is 7.13 Å². The fourth-order valence-corrected chi connectivity index (χ4v) is 1.57. The summed E-state index contributed by atoms with van der Waals surface area (Å²) < 4.78 is 6.41. The summed E-state index contributed by atoms with van der Waals surface area (Å²) in [6.07, 6.45) is 0. The van der Waals surface area contributed by atoms with E-state index in [1.807, 2.05) is 0 Å². The highest BCUT2D eigenvalue weighted by atomic mass is 32.7. The number of thiol groups is 1. The van der Waals surface area contributed by atoms with E-state index < -0.39 is 7.13 Å². The normalized spacial score (nSPS) is 13.1. The molecule has 1 atom stereocenters. The Bertz CT molecular complexity index is 132. The van der Waals surface area contributed by atoms with Crippen LogP contribution in [0.15, 0.2) is 4.30 Å².